The molecule has 0 bridgehead atoms. The van der Waals surface area contributed by atoms with Gasteiger partial charge in [-0.1, -0.05) is 32.9 Å². The first-order valence-corrected chi connectivity index (χ1v) is 10.8. The predicted octanol–water partition coefficient (Wildman–Crippen LogP) is 1.50. The lowest BCUT2D eigenvalue weighted by atomic mass is 9.87. The third-order valence-electron chi connectivity index (χ3n) is 4.36. The van der Waals surface area contributed by atoms with Gasteiger partial charge in [-0.2, -0.15) is 0 Å². The van der Waals surface area contributed by atoms with E-state index in [1.807, 2.05) is 17.0 Å². The monoisotopic (exact) mass is 383 g/mol. The Bertz CT molecular complexity index is 671. The summed E-state index contributed by atoms with van der Waals surface area (Å²) in [6.45, 7) is 10.4. The summed E-state index contributed by atoms with van der Waals surface area (Å²) < 4.78 is 22.4. The van der Waals surface area contributed by atoms with E-state index in [0.717, 1.165) is 31.7 Å². The molecule has 26 heavy (non-hydrogen) atoms. The molecular weight excluding hydrogens is 350 g/mol. The molecule has 0 spiro atoms. The van der Waals surface area contributed by atoms with Crippen molar-refractivity contribution in [2.24, 2.45) is 5.73 Å². The van der Waals surface area contributed by atoms with Gasteiger partial charge in [-0.3, -0.25) is 4.79 Å². The van der Waals surface area contributed by atoms with E-state index in [4.69, 9.17) is 5.73 Å². The maximum absolute atomic E-state index is 11.3. The Kier molecular flexibility index (Phi) is 8.24. The first kappa shape index (κ1) is 22.6. The van der Waals surface area contributed by atoms with Crippen molar-refractivity contribution in [3.63, 3.8) is 0 Å². The number of amides is 1. The molecule has 0 aromatic heterocycles. The highest BCUT2D eigenvalue weighted by molar-refractivity contribution is 7.90. The minimum atomic E-state index is -3.07. The van der Waals surface area contributed by atoms with Gasteiger partial charge in [0.2, 0.25) is 5.91 Å². The third kappa shape index (κ3) is 7.43. The molecule has 148 valence electrons. The highest BCUT2D eigenvalue weighted by Crippen LogP contribution is 2.23. The third-order valence-corrected chi connectivity index (χ3v) is 5.49. The quantitative estimate of drug-likeness (QED) is 0.855. The number of hydrogen-bond acceptors (Lipinski definition) is 5. The van der Waals surface area contributed by atoms with Gasteiger partial charge < -0.3 is 15.5 Å². The zero-order valence-corrected chi connectivity index (χ0v) is 17.5. The van der Waals surface area contributed by atoms with Gasteiger partial charge in [0.05, 0.1) is 4.90 Å². The Morgan fingerprint density at radius 1 is 1.08 bits per heavy atom. The lowest BCUT2D eigenvalue weighted by Crippen LogP contribution is -2.47. The first-order valence-electron chi connectivity index (χ1n) is 8.92. The fourth-order valence-corrected chi connectivity index (χ4v) is 3.17. The van der Waals surface area contributed by atoms with Crippen LogP contribution in [0.3, 0.4) is 0 Å². The van der Waals surface area contributed by atoms with Crippen LogP contribution in [0.4, 0.5) is 0 Å². The average molecular weight is 384 g/mol. The molecule has 1 saturated heterocycles. The molecule has 1 aliphatic rings. The average Bonchev–Trinajstić information content (AvgIpc) is 2.55. The summed E-state index contributed by atoms with van der Waals surface area (Å²) in [7, 11) is -0.991. The number of likely N-dealkylation sites (N-methyl/N-ethyl adjacent to an activating group) is 1. The van der Waals surface area contributed by atoms with Gasteiger partial charge in [0.15, 0.2) is 9.84 Å². The number of nitrogens with zero attached hydrogens (tertiary/aromatic N) is 2. The number of nitrogens with two attached hydrogens (primary N) is 1. The predicted molar refractivity (Wildman–Crippen MR) is 106 cm³/mol. The molecule has 6 nitrogen and oxygen atoms in total. The van der Waals surface area contributed by atoms with E-state index in [1.54, 1.807) is 12.1 Å². The lowest BCUT2D eigenvalue weighted by molar-refractivity contribution is -0.132. The van der Waals surface area contributed by atoms with Crippen LogP contribution in [0.2, 0.25) is 0 Å². The molecule has 2 rings (SSSR count). The molecule has 1 aromatic carbocycles. The van der Waals surface area contributed by atoms with Crippen LogP contribution in [-0.4, -0.2) is 70.2 Å². The Labute approximate surface area is 158 Å². The minimum Gasteiger partial charge on any atom is -0.340 e. The second kappa shape index (κ2) is 9.48. The molecule has 1 fully saturated rings. The maximum atomic E-state index is 11.3. The molecule has 7 heteroatoms. The fourth-order valence-electron chi connectivity index (χ4n) is 2.54. The summed E-state index contributed by atoms with van der Waals surface area (Å²) in [6, 6.07) is 7.07. The minimum absolute atomic E-state index is 0.0655. The van der Waals surface area contributed by atoms with Crippen molar-refractivity contribution < 1.29 is 13.2 Å². The molecule has 0 atom stereocenters. The normalized spacial score (nSPS) is 16.0. The van der Waals surface area contributed by atoms with Crippen LogP contribution < -0.4 is 5.73 Å². The van der Waals surface area contributed by atoms with Gasteiger partial charge >= 0.3 is 0 Å². The number of rotatable bonds is 3. The molecule has 1 aliphatic heterocycles. The molecule has 1 aromatic rings. The van der Waals surface area contributed by atoms with E-state index >= 15 is 0 Å². The smallest absolute Gasteiger partial charge is 0.223 e. The largest absolute Gasteiger partial charge is 0.340 e. The van der Waals surface area contributed by atoms with Crippen molar-refractivity contribution in [1.82, 2.24) is 9.80 Å². The number of benzene rings is 1. The summed E-state index contributed by atoms with van der Waals surface area (Å²) in [4.78, 5) is 15.8. The van der Waals surface area contributed by atoms with Crippen molar-refractivity contribution in [3.8, 4) is 0 Å². The molecule has 0 saturated carbocycles. The second-order valence-electron chi connectivity index (χ2n) is 7.77. The fraction of sp³-hybridized carbons (Fsp3) is 0.632. The van der Waals surface area contributed by atoms with Crippen LogP contribution in [0.5, 0.6) is 0 Å². The van der Waals surface area contributed by atoms with Crippen LogP contribution in [0.25, 0.3) is 0 Å². The molecule has 0 aliphatic carbocycles. The number of hydrogen-bond donors (Lipinski definition) is 1. The van der Waals surface area contributed by atoms with E-state index < -0.39 is 9.84 Å². The summed E-state index contributed by atoms with van der Waals surface area (Å²) in [5, 5.41) is 0. The van der Waals surface area contributed by atoms with E-state index in [2.05, 4.69) is 32.7 Å². The standard InChI is InChI=1S/C11H16O2S.C8H17N3O/c1-11(2,3)9-5-7-10(8-6-9)14(4,12)13;1-10-4-6-11(7-5-10)8(12)2-3-9/h5-8H,1-4H3;2-7,9H2,1H3. The topological polar surface area (TPSA) is 83.7 Å². The first-order chi connectivity index (χ1) is 11.9. The Morgan fingerprint density at radius 2 is 1.58 bits per heavy atom. The Hall–Kier alpha value is -1.44. The number of carbonyl (C=O) groups excluding carboxylic acids is 1. The molecule has 0 radical (unpaired) electrons. The SMILES string of the molecule is CC(C)(C)c1ccc(S(C)(=O)=O)cc1.CN1CCN(C(=O)CCN)CC1. The van der Waals surface area contributed by atoms with Gasteiger partial charge in [0.25, 0.3) is 0 Å². The van der Waals surface area contributed by atoms with Crippen molar-refractivity contribution in [3.05, 3.63) is 29.8 Å². The van der Waals surface area contributed by atoms with Crippen LogP contribution in [0.1, 0.15) is 32.8 Å². The zero-order valence-electron chi connectivity index (χ0n) is 16.7. The number of piperazine rings is 1. The van der Waals surface area contributed by atoms with Gasteiger partial charge in [-0.15, -0.1) is 0 Å². The lowest BCUT2D eigenvalue weighted by Gasteiger charge is -2.32. The van der Waals surface area contributed by atoms with Crippen LogP contribution in [0, 0.1) is 0 Å². The molecule has 2 N–H and O–H groups in total. The molecule has 1 heterocycles. The van der Waals surface area contributed by atoms with E-state index in [9.17, 15) is 13.2 Å². The highest BCUT2D eigenvalue weighted by Gasteiger charge is 2.17. The van der Waals surface area contributed by atoms with Crippen molar-refractivity contribution in [2.75, 3.05) is 46.0 Å². The Morgan fingerprint density at radius 3 is 1.96 bits per heavy atom. The summed E-state index contributed by atoms with van der Waals surface area (Å²) in [5.74, 6) is 0.200. The maximum Gasteiger partial charge on any atom is 0.223 e. The van der Waals surface area contributed by atoms with Crippen LogP contribution >= 0.6 is 0 Å². The number of sulfone groups is 1. The zero-order chi connectivity index (χ0) is 20.0. The van der Waals surface area contributed by atoms with Gasteiger partial charge in [-0.25, -0.2) is 8.42 Å². The molecular formula is C19H33N3O3S. The van der Waals surface area contributed by atoms with Gasteiger partial charge in [0, 0.05) is 45.4 Å². The Balaban J connectivity index is 0.000000263. The van der Waals surface area contributed by atoms with E-state index in [0.29, 0.717) is 17.9 Å². The summed E-state index contributed by atoms with van der Waals surface area (Å²) in [5.41, 5.74) is 6.51. The van der Waals surface area contributed by atoms with Crippen molar-refractivity contribution in [2.45, 2.75) is 37.5 Å². The molecule has 0 unspecified atom stereocenters. The van der Waals surface area contributed by atoms with Crippen molar-refractivity contribution in [1.29, 1.82) is 0 Å². The second-order valence-corrected chi connectivity index (χ2v) is 9.79. The summed E-state index contributed by atoms with van der Waals surface area (Å²) in [6.07, 6.45) is 1.71. The van der Waals surface area contributed by atoms with Gasteiger partial charge in [-0.05, 0) is 30.2 Å². The van der Waals surface area contributed by atoms with E-state index in [1.165, 1.54) is 6.26 Å². The van der Waals surface area contributed by atoms with Crippen LogP contribution in [0.15, 0.2) is 29.2 Å². The van der Waals surface area contributed by atoms with Crippen molar-refractivity contribution >= 4 is 15.7 Å². The van der Waals surface area contributed by atoms with E-state index in [-0.39, 0.29) is 11.3 Å². The number of carbonyl (C=O) groups is 1. The van der Waals surface area contributed by atoms with Gasteiger partial charge in [0.1, 0.15) is 0 Å². The highest BCUT2D eigenvalue weighted by atomic mass is 32.2. The summed E-state index contributed by atoms with van der Waals surface area (Å²) >= 11 is 0. The molecule has 1 amide bonds. The van der Waals surface area contributed by atoms with Crippen LogP contribution in [-0.2, 0) is 20.0 Å².